The molecule has 2 amide bonds. The van der Waals surface area contributed by atoms with Crippen LogP contribution in [0.3, 0.4) is 0 Å². The third kappa shape index (κ3) is 5.51. The monoisotopic (exact) mass is 327 g/mol. The lowest BCUT2D eigenvalue weighted by Crippen LogP contribution is -2.63. The van der Waals surface area contributed by atoms with E-state index in [4.69, 9.17) is 4.74 Å². The summed E-state index contributed by atoms with van der Waals surface area (Å²) in [5, 5.41) is 17.2. The van der Waals surface area contributed by atoms with Crippen molar-refractivity contribution < 1.29 is 19.5 Å². The lowest BCUT2D eigenvalue weighted by atomic mass is 9.79. The van der Waals surface area contributed by atoms with Gasteiger partial charge in [0, 0.05) is 22.7 Å². The summed E-state index contributed by atoms with van der Waals surface area (Å²) in [6.45, 7) is 13.2. The van der Waals surface area contributed by atoms with Gasteiger partial charge in [-0.2, -0.15) is 5.06 Å². The Morgan fingerprint density at radius 1 is 1.26 bits per heavy atom. The van der Waals surface area contributed by atoms with Crippen LogP contribution in [0.5, 0.6) is 0 Å². The molecule has 0 aliphatic carbocycles. The minimum atomic E-state index is -0.467. The lowest BCUT2D eigenvalue weighted by Gasteiger charge is -2.51. The van der Waals surface area contributed by atoms with Crippen LogP contribution in [0.4, 0.5) is 4.79 Å². The first-order valence-electron chi connectivity index (χ1n) is 7.82. The van der Waals surface area contributed by atoms with Gasteiger partial charge in [-0.25, -0.2) is 9.59 Å². The van der Waals surface area contributed by atoms with Gasteiger partial charge < -0.3 is 20.6 Å². The number of amides is 2. The van der Waals surface area contributed by atoms with E-state index < -0.39 is 17.0 Å². The molecule has 1 heterocycles. The first-order chi connectivity index (χ1) is 10.5. The Morgan fingerprint density at radius 2 is 1.78 bits per heavy atom. The van der Waals surface area contributed by atoms with Gasteiger partial charge in [0.05, 0.1) is 6.54 Å². The van der Waals surface area contributed by atoms with Crippen molar-refractivity contribution in [1.82, 2.24) is 15.7 Å². The number of hydrogen-bond donors (Lipinski definition) is 3. The summed E-state index contributed by atoms with van der Waals surface area (Å²) in [5.74, 6) is -0.467. The van der Waals surface area contributed by atoms with Crippen LogP contribution in [0, 0.1) is 0 Å². The summed E-state index contributed by atoms with van der Waals surface area (Å²) in [6.07, 6.45) is 1.29. The van der Waals surface area contributed by atoms with Gasteiger partial charge in [-0.1, -0.05) is 6.58 Å². The van der Waals surface area contributed by atoms with Crippen LogP contribution >= 0.6 is 0 Å². The zero-order chi connectivity index (χ0) is 17.8. The van der Waals surface area contributed by atoms with Crippen LogP contribution in [-0.2, 0) is 9.53 Å². The highest BCUT2D eigenvalue weighted by Gasteiger charge is 2.45. The second kappa shape index (κ2) is 7.31. The fraction of sp³-hybridized carbons (Fsp3) is 0.750. The van der Waals surface area contributed by atoms with Crippen LogP contribution in [-0.4, -0.2) is 52.5 Å². The number of nitrogens with one attached hydrogen (secondary N) is 2. The van der Waals surface area contributed by atoms with Crippen LogP contribution < -0.4 is 10.6 Å². The topological polar surface area (TPSA) is 90.9 Å². The van der Waals surface area contributed by atoms with E-state index in [-0.39, 0.29) is 25.2 Å². The van der Waals surface area contributed by atoms with E-state index in [0.717, 1.165) is 0 Å². The van der Waals surface area contributed by atoms with Gasteiger partial charge in [-0.3, -0.25) is 0 Å². The number of piperidine rings is 1. The Morgan fingerprint density at radius 3 is 2.26 bits per heavy atom. The maximum Gasteiger partial charge on any atom is 0.333 e. The van der Waals surface area contributed by atoms with E-state index in [9.17, 15) is 14.8 Å². The second-order valence-corrected chi connectivity index (χ2v) is 7.36. The third-order valence-corrected chi connectivity index (χ3v) is 3.94. The van der Waals surface area contributed by atoms with E-state index in [1.165, 1.54) is 5.06 Å². The van der Waals surface area contributed by atoms with Crippen LogP contribution in [0.2, 0.25) is 0 Å². The van der Waals surface area contributed by atoms with Crippen molar-refractivity contribution in [3.8, 4) is 0 Å². The standard InChI is InChI=1S/C16H29N3O4/c1-11(2)13(20)23-8-7-17-14(21)18-12-9-15(3,4)19(22)16(5,6)10-12/h12,22H,1,7-10H2,2-6H3,(H2,17,18,21). The van der Waals surface area contributed by atoms with Crippen LogP contribution in [0.1, 0.15) is 47.5 Å². The Bertz CT molecular complexity index is 456. The molecule has 0 aromatic rings. The second-order valence-electron chi connectivity index (χ2n) is 7.36. The molecule has 1 saturated heterocycles. The van der Waals surface area contributed by atoms with Crippen molar-refractivity contribution >= 4 is 12.0 Å². The molecule has 0 bridgehead atoms. The summed E-state index contributed by atoms with van der Waals surface area (Å²) in [4.78, 5) is 23.1. The molecular weight excluding hydrogens is 298 g/mol. The predicted molar refractivity (Wildman–Crippen MR) is 87.1 cm³/mol. The molecule has 0 aromatic carbocycles. The van der Waals surface area contributed by atoms with Gasteiger partial charge in [0.1, 0.15) is 6.61 Å². The molecule has 0 aromatic heterocycles. The highest BCUT2D eigenvalue weighted by atomic mass is 16.5. The van der Waals surface area contributed by atoms with E-state index in [1.54, 1.807) is 6.92 Å². The smallest absolute Gasteiger partial charge is 0.333 e. The molecule has 0 spiro atoms. The molecule has 3 N–H and O–H groups in total. The molecule has 0 atom stereocenters. The molecule has 1 aliphatic heterocycles. The average molecular weight is 327 g/mol. The highest BCUT2D eigenvalue weighted by molar-refractivity contribution is 5.86. The van der Waals surface area contributed by atoms with E-state index in [0.29, 0.717) is 18.4 Å². The van der Waals surface area contributed by atoms with Crippen molar-refractivity contribution in [3.05, 3.63) is 12.2 Å². The first-order valence-corrected chi connectivity index (χ1v) is 7.82. The molecule has 7 heteroatoms. The Labute approximate surface area is 138 Å². The van der Waals surface area contributed by atoms with Gasteiger partial charge in [0.2, 0.25) is 0 Å². The number of urea groups is 1. The van der Waals surface area contributed by atoms with E-state index in [1.807, 2.05) is 27.7 Å². The maximum atomic E-state index is 11.9. The van der Waals surface area contributed by atoms with E-state index >= 15 is 0 Å². The molecule has 23 heavy (non-hydrogen) atoms. The zero-order valence-electron chi connectivity index (χ0n) is 14.7. The number of ether oxygens (including phenoxy) is 1. The van der Waals surface area contributed by atoms with Crippen molar-refractivity contribution in [2.24, 2.45) is 0 Å². The molecule has 1 rings (SSSR count). The predicted octanol–water partition coefficient (Wildman–Crippen LogP) is 1.82. The summed E-state index contributed by atoms with van der Waals surface area (Å²) in [6, 6.07) is -0.347. The summed E-state index contributed by atoms with van der Waals surface area (Å²) in [7, 11) is 0. The molecule has 132 valence electrons. The van der Waals surface area contributed by atoms with Gasteiger partial charge >= 0.3 is 12.0 Å². The van der Waals surface area contributed by atoms with Gasteiger partial charge in [-0.15, -0.1) is 0 Å². The molecular formula is C16H29N3O4. The van der Waals surface area contributed by atoms with Crippen molar-refractivity contribution in [2.45, 2.75) is 64.6 Å². The summed E-state index contributed by atoms with van der Waals surface area (Å²) in [5.41, 5.74) is -0.511. The van der Waals surface area contributed by atoms with Crippen LogP contribution in [0.15, 0.2) is 12.2 Å². The minimum absolute atomic E-state index is 0.0404. The number of carbonyl (C=O) groups excluding carboxylic acids is 2. The van der Waals surface area contributed by atoms with E-state index in [2.05, 4.69) is 17.2 Å². The normalized spacial score (nSPS) is 20.6. The van der Waals surface area contributed by atoms with Crippen LogP contribution in [0.25, 0.3) is 0 Å². The number of rotatable bonds is 5. The van der Waals surface area contributed by atoms with Crippen molar-refractivity contribution in [1.29, 1.82) is 0 Å². The number of hydroxylamine groups is 2. The quantitative estimate of drug-likeness (QED) is 0.407. The molecule has 7 nitrogen and oxygen atoms in total. The maximum absolute atomic E-state index is 11.9. The molecule has 0 radical (unpaired) electrons. The average Bonchev–Trinajstić information content (AvgIpc) is 2.39. The van der Waals surface area contributed by atoms with Gasteiger partial charge in [0.15, 0.2) is 0 Å². The lowest BCUT2D eigenvalue weighted by molar-refractivity contribution is -0.245. The first kappa shape index (κ1) is 19.4. The molecule has 0 unspecified atom stereocenters. The Kier molecular flexibility index (Phi) is 6.18. The van der Waals surface area contributed by atoms with Crippen molar-refractivity contribution in [3.63, 3.8) is 0 Å². The molecule has 0 saturated carbocycles. The Balaban J connectivity index is 2.40. The number of hydrogen-bond acceptors (Lipinski definition) is 5. The SMILES string of the molecule is C=C(C)C(=O)OCCNC(=O)NC1CC(C)(C)N(O)C(C)(C)C1. The fourth-order valence-corrected chi connectivity index (χ4v) is 3.04. The largest absolute Gasteiger partial charge is 0.460 e. The summed E-state index contributed by atoms with van der Waals surface area (Å²) >= 11 is 0. The summed E-state index contributed by atoms with van der Waals surface area (Å²) < 4.78 is 4.90. The minimum Gasteiger partial charge on any atom is -0.460 e. The highest BCUT2D eigenvalue weighted by Crippen LogP contribution is 2.36. The molecule has 1 fully saturated rings. The molecule has 1 aliphatic rings. The third-order valence-electron chi connectivity index (χ3n) is 3.94. The zero-order valence-corrected chi connectivity index (χ0v) is 14.7. The fourth-order valence-electron chi connectivity index (χ4n) is 3.04. The number of carbonyl (C=O) groups is 2. The number of nitrogens with zero attached hydrogens (tertiary/aromatic N) is 1. The van der Waals surface area contributed by atoms with Gasteiger partial charge in [0.25, 0.3) is 0 Å². The van der Waals surface area contributed by atoms with Gasteiger partial charge in [-0.05, 0) is 47.5 Å². The van der Waals surface area contributed by atoms with Crippen molar-refractivity contribution in [2.75, 3.05) is 13.2 Å². The number of esters is 1. The Hall–Kier alpha value is -1.60.